The third-order valence-electron chi connectivity index (χ3n) is 3.09. The van der Waals surface area contributed by atoms with Gasteiger partial charge in [-0.2, -0.15) is 13.2 Å². The summed E-state index contributed by atoms with van der Waals surface area (Å²) in [4.78, 5) is 13.6. The van der Waals surface area contributed by atoms with Gasteiger partial charge < -0.3 is 10.6 Å². The molecular formula is C13H15F4N3O. The summed E-state index contributed by atoms with van der Waals surface area (Å²) in [6.07, 6.45) is -4.65. The average molecular weight is 305 g/mol. The van der Waals surface area contributed by atoms with Crippen molar-refractivity contribution in [2.45, 2.75) is 6.18 Å². The van der Waals surface area contributed by atoms with Gasteiger partial charge in [0.25, 0.3) is 0 Å². The Labute approximate surface area is 119 Å². The molecular weight excluding hydrogens is 290 g/mol. The minimum Gasteiger partial charge on any atom is -0.325 e. The minimum atomic E-state index is -4.65. The highest BCUT2D eigenvalue weighted by Gasteiger charge is 2.31. The quantitative estimate of drug-likeness (QED) is 0.835. The summed E-state index contributed by atoms with van der Waals surface area (Å²) in [6.45, 7) is 2.95. The first kappa shape index (κ1) is 15.7. The highest BCUT2D eigenvalue weighted by Crippen LogP contribution is 2.31. The Morgan fingerprint density at radius 2 is 1.90 bits per heavy atom. The van der Waals surface area contributed by atoms with Gasteiger partial charge in [-0.15, -0.1) is 0 Å². The predicted octanol–water partition coefficient (Wildman–Crippen LogP) is 1.69. The van der Waals surface area contributed by atoms with Crippen LogP contribution in [0.3, 0.4) is 0 Å². The van der Waals surface area contributed by atoms with Crippen LogP contribution in [-0.4, -0.2) is 43.5 Å². The van der Waals surface area contributed by atoms with E-state index in [4.69, 9.17) is 0 Å². The zero-order chi connectivity index (χ0) is 15.5. The maximum absolute atomic E-state index is 13.2. The molecule has 0 aliphatic carbocycles. The lowest BCUT2D eigenvalue weighted by atomic mass is 10.2. The summed E-state index contributed by atoms with van der Waals surface area (Å²) in [5, 5.41) is 5.42. The third kappa shape index (κ3) is 4.68. The SMILES string of the molecule is O=C(CN1CCNCC1)Nc1cc(F)cc(C(F)(F)F)c1. The molecule has 1 aliphatic rings. The van der Waals surface area contributed by atoms with Gasteiger partial charge in [-0.3, -0.25) is 9.69 Å². The van der Waals surface area contributed by atoms with Crippen molar-refractivity contribution in [2.75, 3.05) is 38.0 Å². The molecule has 21 heavy (non-hydrogen) atoms. The normalized spacial score (nSPS) is 16.8. The molecule has 0 spiro atoms. The Balaban J connectivity index is 2.01. The number of nitrogens with zero attached hydrogens (tertiary/aromatic N) is 1. The summed E-state index contributed by atoms with van der Waals surface area (Å²) >= 11 is 0. The second-order valence-corrected chi connectivity index (χ2v) is 4.80. The van der Waals surface area contributed by atoms with Gasteiger partial charge in [0, 0.05) is 31.9 Å². The van der Waals surface area contributed by atoms with Gasteiger partial charge in [0.15, 0.2) is 0 Å². The van der Waals surface area contributed by atoms with E-state index in [1.54, 1.807) is 0 Å². The first-order valence-electron chi connectivity index (χ1n) is 6.45. The number of alkyl halides is 3. The number of hydrogen-bond donors (Lipinski definition) is 2. The largest absolute Gasteiger partial charge is 0.416 e. The van der Waals surface area contributed by atoms with E-state index in [2.05, 4.69) is 10.6 Å². The molecule has 0 radical (unpaired) electrons. The van der Waals surface area contributed by atoms with E-state index in [1.807, 2.05) is 4.90 Å². The molecule has 0 unspecified atom stereocenters. The highest BCUT2D eigenvalue weighted by atomic mass is 19.4. The molecule has 0 atom stereocenters. The van der Waals surface area contributed by atoms with Crippen LogP contribution in [-0.2, 0) is 11.0 Å². The Bertz CT molecular complexity index is 513. The maximum atomic E-state index is 13.2. The van der Waals surface area contributed by atoms with Gasteiger partial charge in [-0.05, 0) is 18.2 Å². The second-order valence-electron chi connectivity index (χ2n) is 4.80. The first-order chi connectivity index (χ1) is 9.84. The van der Waals surface area contributed by atoms with Crippen LogP contribution in [0.4, 0.5) is 23.2 Å². The van der Waals surface area contributed by atoms with Crippen molar-refractivity contribution in [1.29, 1.82) is 0 Å². The molecule has 1 fully saturated rings. The zero-order valence-corrected chi connectivity index (χ0v) is 11.1. The molecule has 8 heteroatoms. The van der Waals surface area contributed by atoms with Crippen LogP contribution >= 0.6 is 0 Å². The van der Waals surface area contributed by atoms with Crippen molar-refractivity contribution in [3.63, 3.8) is 0 Å². The topological polar surface area (TPSA) is 44.4 Å². The Morgan fingerprint density at radius 3 is 2.52 bits per heavy atom. The van der Waals surface area contributed by atoms with Gasteiger partial charge in [0.2, 0.25) is 5.91 Å². The van der Waals surface area contributed by atoms with Gasteiger partial charge in [0.1, 0.15) is 5.82 Å². The van der Waals surface area contributed by atoms with Crippen molar-refractivity contribution in [3.8, 4) is 0 Å². The number of halogens is 4. The number of hydrogen-bond acceptors (Lipinski definition) is 3. The fraction of sp³-hybridized carbons (Fsp3) is 0.462. The van der Waals surface area contributed by atoms with Gasteiger partial charge in [-0.1, -0.05) is 0 Å². The van der Waals surface area contributed by atoms with Crippen LogP contribution < -0.4 is 10.6 Å². The number of benzene rings is 1. The van der Waals surface area contributed by atoms with E-state index in [-0.39, 0.29) is 12.2 Å². The lowest BCUT2D eigenvalue weighted by Crippen LogP contribution is -2.46. The first-order valence-corrected chi connectivity index (χ1v) is 6.45. The Morgan fingerprint density at radius 1 is 1.24 bits per heavy atom. The lowest BCUT2D eigenvalue weighted by Gasteiger charge is -2.26. The van der Waals surface area contributed by atoms with Gasteiger partial charge in [-0.25, -0.2) is 4.39 Å². The molecule has 1 heterocycles. The fourth-order valence-corrected chi connectivity index (χ4v) is 2.10. The summed E-state index contributed by atoms with van der Waals surface area (Å²) in [6, 6.07) is 1.98. The van der Waals surface area contributed by atoms with Crippen molar-refractivity contribution >= 4 is 11.6 Å². The smallest absolute Gasteiger partial charge is 0.325 e. The second kappa shape index (κ2) is 6.40. The molecule has 1 amide bonds. The van der Waals surface area contributed by atoms with Crippen LogP contribution in [0.1, 0.15) is 5.56 Å². The highest BCUT2D eigenvalue weighted by molar-refractivity contribution is 5.92. The van der Waals surface area contributed by atoms with Crippen LogP contribution in [0.25, 0.3) is 0 Å². The maximum Gasteiger partial charge on any atom is 0.416 e. The monoisotopic (exact) mass is 305 g/mol. The summed E-state index contributed by atoms with van der Waals surface area (Å²) in [5.41, 5.74) is -1.32. The minimum absolute atomic E-state index is 0.0690. The standard InChI is InChI=1S/C13H15F4N3O/c14-10-5-9(13(15,16)17)6-11(7-10)19-12(21)8-20-3-1-18-2-4-20/h5-7,18H,1-4,8H2,(H,19,21). The number of piperazine rings is 1. The summed E-state index contributed by atoms with van der Waals surface area (Å²) in [5.74, 6) is -1.50. The van der Waals surface area contributed by atoms with Gasteiger partial charge in [0.05, 0.1) is 12.1 Å². The molecule has 2 rings (SSSR count). The molecule has 0 aromatic heterocycles. The number of rotatable bonds is 3. The van der Waals surface area contributed by atoms with Crippen molar-refractivity contribution in [2.24, 2.45) is 0 Å². The lowest BCUT2D eigenvalue weighted by molar-refractivity contribution is -0.137. The van der Waals surface area contributed by atoms with Gasteiger partial charge >= 0.3 is 6.18 Å². The van der Waals surface area contributed by atoms with E-state index >= 15 is 0 Å². The van der Waals surface area contributed by atoms with Crippen LogP contribution in [0.5, 0.6) is 0 Å². The Kier molecular flexibility index (Phi) is 4.79. The number of anilines is 1. The summed E-state index contributed by atoms with van der Waals surface area (Å²) in [7, 11) is 0. The van der Waals surface area contributed by atoms with E-state index in [0.29, 0.717) is 19.2 Å². The molecule has 1 saturated heterocycles. The average Bonchev–Trinajstić information content (AvgIpc) is 2.37. The molecule has 1 aliphatic heterocycles. The van der Waals surface area contributed by atoms with Crippen molar-refractivity contribution in [3.05, 3.63) is 29.6 Å². The van der Waals surface area contributed by atoms with Crippen LogP contribution in [0.2, 0.25) is 0 Å². The third-order valence-corrected chi connectivity index (χ3v) is 3.09. The van der Waals surface area contributed by atoms with E-state index in [1.165, 1.54) is 0 Å². The number of carbonyl (C=O) groups is 1. The fourth-order valence-electron chi connectivity index (χ4n) is 2.10. The van der Waals surface area contributed by atoms with Crippen molar-refractivity contribution in [1.82, 2.24) is 10.2 Å². The number of amides is 1. The van der Waals surface area contributed by atoms with E-state index in [0.717, 1.165) is 25.2 Å². The molecule has 1 aromatic carbocycles. The van der Waals surface area contributed by atoms with E-state index < -0.39 is 23.5 Å². The van der Waals surface area contributed by atoms with Crippen LogP contribution in [0.15, 0.2) is 18.2 Å². The molecule has 0 saturated carbocycles. The molecule has 116 valence electrons. The molecule has 0 bridgehead atoms. The Hall–Kier alpha value is -1.67. The van der Waals surface area contributed by atoms with E-state index in [9.17, 15) is 22.4 Å². The molecule has 4 nitrogen and oxygen atoms in total. The zero-order valence-electron chi connectivity index (χ0n) is 11.1. The van der Waals surface area contributed by atoms with Crippen LogP contribution in [0, 0.1) is 5.82 Å². The molecule has 1 aromatic rings. The molecule has 2 N–H and O–H groups in total. The predicted molar refractivity (Wildman–Crippen MR) is 69.3 cm³/mol. The summed E-state index contributed by atoms with van der Waals surface area (Å²) < 4.78 is 50.9. The van der Waals surface area contributed by atoms with Crippen molar-refractivity contribution < 1.29 is 22.4 Å². The number of carbonyl (C=O) groups excluding carboxylic acids is 1. The number of nitrogens with one attached hydrogen (secondary N) is 2.